The Morgan fingerprint density at radius 3 is 2.88 bits per heavy atom. The number of hydrogen-bond donors (Lipinski definition) is 1. The molecule has 8 nitrogen and oxygen atoms in total. The minimum atomic E-state index is -3.05. The zero-order chi connectivity index (χ0) is 17.6. The van der Waals surface area contributed by atoms with Crippen molar-refractivity contribution in [3.63, 3.8) is 0 Å². The second-order valence-corrected chi connectivity index (χ2v) is 8.94. The van der Waals surface area contributed by atoms with Crippen molar-refractivity contribution in [2.75, 3.05) is 24.2 Å². The Balaban J connectivity index is 1.47. The van der Waals surface area contributed by atoms with Crippen LogP contribution in [0, 0.1) is 5.92 Å². The number of carbonyl (C=O) groups is 1. The van der Waals surface area contributed by atoms with Crippen molar-refractivity contribution in [3.05, 3.63) is 30.6 Å². The highest BCUT2D eigenvalue weighted by molar-refractivity contribution is 7.92. The normalized spacial score (nSPS) is 24.3. The Hall–Kier alpha value is -2.42. The van der Waals surface area contributed by atoms with E-state index in [1.54, 1.807) is 21.8 Å². The molecule has 0 unspecified atom stereocenters. The molecule has 25 heavy (non-hydrogen) atoms. The first kappa shape index (κ1) is 16.1. The number of likely N-dealkylation sites (tertiary alicyclic amines) is 1. The van der Waals surface area contributed by atoms with Crippen LogP contribution < -0.4 is 5.32 Å². The van der Waals surface area contributed by atoms with Gasteiger partial charge in [0.2, 0.25) is 0 Å². The molecule has 2 fully saturated rings. The van der Waals surface area contributed by atoms with Gasteiger partial charge in [0.05, 0.1) is 22.9 Å². The summed E-state index contributed by atoms with van der Waals surface area (Å²) in [4.78, 5) is 18.5. The van der Waals surface area contributed by atoms with Crippen molar-refractivity contribution < 1.29 is 13.2 Å². The summed E-state index contributed by atoms with van der Waals surface area (Å²) < 4.78 is 25.7. The van der Waals surface area contributed by atoms with E-state index in [4.69, 9.17) is 0 Å². The van der Waals surface area contributed by atoms with Crippen LogP contribution in [0.3, 0.4) is 0 Å². The third-order valence-corrected chi connectivity index (χ3v) is 7.15. The Morgan fingerprint density at radius 1 is 1.32 bits per heavy atom. The standard InChI is InChI=1S/C16H19N5O3S/c1-20-8-12(7-17-20)13-3-2-4-15(18-13)19-16(22)21-9-11-5-6-25(23,24)14(11)10-21/h2-4,7-8,11,14H,5-6,9-10H2,1H3,(H,18,19,22)/t11-,14+/m0/s1. The molecule has 9 heteroatoms. The van der Waals surface area contributed by atoms with Gasteiger partial charge in [0.25, 0.3) is 0 Å². The number of nitrogens with zero attached hydrogens (tertiary/aromatic N) is 4. The van der Waals surface area contributed by atoms with Crippen LogP contribution in [0.1, 0.15) is 6.42 Å². The predicted molar refractivity (Wildman–Crippen MR) is 92.7 cm³/mol. The predicted octanol–water partition coefficient (Wildman–Crippen LogP) is 1.13. The fourth-order valence-electron chi connectivity index (χ4n) is 3.57. The highest BCUT2D eigenvalue weighted by atomic mass is 32.2. The first-order valence-electron chi connectivity index (χ1n) is 8.16. The van der Waals surface area contributed by atoms with Crippen molar-refractivity contribution in [2.24, 2.45) is 13.0 Å². The van der Waals surface area contributed by atoms with Gasteiger partial charge in [-0.1, -0.05) is 6.07 Å². The van der Waals surface area contributed by atoms with E-state index in [0.717, 1.165) is 5.56 Å². The van der Waals surface area contributed by atoms with Gasteiger partial charge >= 0.3 is 6.03 Å². The van der Waals surface area contributed by atoms with Crippen molar-refractivity contribution in [2.45, 2.75) is 11.7 Å². The topological polar surface area (TPSA) is 97.2 Å². The maximum Gasteiger partial charge on any atom is 0.323 e. The van der Waals surface area contributed by atoms with E-state index in [2.05, 4.69) is 15.4 Å². The third-order valence-electron chi connectivity index (χ3n) is 4.89. The summed E-state index contributed by atoms with van der Waals surface area (Å²) in [5, 5.41) is 6.48. The third kappa shape index (κ3) is 2.99. The van der Waals surface area contributed by atoms with E-state index >= 15 is 0 Å². The minimum absolute atomic E-state index is 0.0606. The van der Waals surface area contributed by atoms with E-state index in [-0.39, 0.29) is 24.2 Å². The number of aromatic nitrogens is 3. The molecular formula is C16H19N5O3S. The van der Waals surface area contributed by atoms with Crippen LogP contribution in [-0.4, -0.2) is 58.2 Å². The molecule has 0 aliphatic carbocycles. The lowest BCUT2D eigenvalue weighted by Gasteiger charge is -2.17. The van der Waals surface area contributed by atoms with E-state index in [1.165, 1.54) is 0 Å². The van der Waals surface area contributed by atoms with Gasteiger partial charge < -0.3 is 4.90 Å². The fourth-order valence-corrected chi connectivity index (χ4v) is 5.72. The van der Waals surface area contributed by atoms with E-state index in [9.17, 15) is 13.2 Å². The molecule has 2 aliphatic heterocycles. The number of aryl methyl sites for hydroxylation is 1. The second kappa shape index (κ2) is 5.83. The molecule has 0 radical (unpaired) electrons. The van der Waals surface area contributed by atoms with Crippen LogP contribution in [-0.2, 0) is 16.9 Å². The molecule has 2 atom stereocenters. The van der Waals surface area contributed by atoms with Crippen LogP contribution in [0.15, 0.2) is 30.6 Å². The monoisotopic (exact) mass is 361 g/mol. The summed E-state index contributed by atoms with van der Waals surface area (Å²) >= 11 is 0. The van der Waals surface area contributed by atoms with Crippen LogP contribution >= 0.6 is 0 Å². The SMILES string of the molecule is Cn1cc(-c2cccc(NC(=O)N3C[C@@H]4CCS(=O)(=O)[C@@H]4C3)n2)cn1. The van der Waals surface area contributed by atoms with Gasteiger partial charge in [0, 0.05) is 31.9 Å². The molecule has 0 bridgehead atoms. The van der Waals surface area contributed by atoms with Crippen LogP contribution in [0.4, 0.5) is 10.6 Å². The number of fused-ring (bicyclic) bond motifs is 1. The lowest BCUT2D eigenvalue weighted by atomic mass is 10.1. The summed E-state index contributed by atoms with van der Waals surface area (Å²) in [6, 6.07) is 5.07. The molecule has 2 aromatic rings. The molecule has 2 aromatic heterocycles. The lowest BCUT2D eigenvalue weighted by molar-refractivity contribution is 0.220. The molecule has 2 aliphatic rings. The molecular weight excluding hydrogens is 342 g/mol. The van der Waals surface area contributed by atoms with Gasteiger partial charge in [-0.05, 0) is 24.5 Å². The van der Waals surface area contributed by atoms with Gasteiger partial charge in [-0.15, -0.1) is 0 Å². The highest BCUT2D eigenvalue weighted by Crippen LogP contribution is 2.33. The summed E-state index contributed by atoms with van der Waals surface area (Å²) in [6.07, 6.45) is 4.20. The van der Waals surface area contributed by atoms with Gasteiger partial charge in [0.15, 0.2) is 9.84 Å². The number of hydrogen-bond acceptors (Lipinski definition) is 5. The number of nitrogens with one attached hydrogen (secondary N) is 1. The van der Waals surface area contributed by atoms with Crippen molar-refractivity contribution >= 4 is 21.7 Å². The largest absolute Gasteiger partial charge is 0.323 e. The molecule has 0 spiro atoms. The number of anilines is 1. The quantitative estimate of drug-likeness (QED) is 0.865. The number of pyridine rings is 1. The molecule has 1 N–H and O–H groups in total. The maximum absolute atomic E-state index is 12.5. The number of amides is 2. The van der Waals surface area contributed by atoms with Crippen LogP contribution in [0.5, 0.6) is 0 Å². The Labute approximate surface area is 145 Å². The summed E-state index contributed by atoms with van der Waals surface area (Å²) in [6.45, 7) is 0.749. The smallest absolute Gasteiger partial charge is 0.323 e. The van der Waals surface area contributed by atoms with Gasteiger partial charge in [0.1, 0.15) is 5.82 Å². The first-order chi connectivity index (χ1) is 11.9. The number of carbonyl (C=O) groups excluding carboxylic acids is 1. The number of sulfone groups is 1. The first-order valence-corrected chi connectivity index (χ1v) is 9.87. The summed E-state index contributed by atoms with van der Waals surface area (Å²) in [5.41, 5.74) is 1.58. The summed E-state index contributed by atoms with van der Waals surface area (Å²) in [7, 11) is -1.22. The second-order valence-electron chi connectivity index (χ2n) is 6.60. The average molecular weight is 361 g/mol. The van der Waals surface area contributed by atoms with E-state index in [1.807, 2.05) is 25.4 Å². The summed E-state index contributed by atoms with van der Waals surface area (Å²) in [5.74, 6) is 0.740. The number of rotatable bonds is 2. The van der Waals surface area contributed by atoms with Gasteiger partial charge in [-0.2, -0.15) is 5.10 Å². The van der Waals surface area contributed by atoms with E-state index in [0.29, 0.717) is 24.5 Å². The Bertz CT molecular complexity index is 923. The van der Waals surface area contributed by atoms with Crippen molar-refractivity contribution in [1.82, 2.24) is 19.7 Å². The molecule has 132 valence electrons. The van der Waals surface area contributed by atoms with Crippen LogP contribution in [0.25, 0.3) is 11.3 Å². The van der Waals surface area contributed by atoms with Crippen molar-refractivity contribution in [1.29, 1.82) is 0 Å². The molecule has 2 amide bonds. The van der Waals surface area contributed by atoms with Gasteiger partial charge in [-0.3, -0.25) is 10.00 Å². The molecule has 4 rings (SSSR count). The van der Waals surface area contributed by atoms with Crippen molar-refractivity contribution in [3.8, 4) is 11.3 Å². The van der Waals surface area contributed by atoms with Gasteiger partial charge in [-0.25, -0.2) is 18.2 Å². The van der Waals surface area contributed by atoms with Crippen LogP contribution in [0.2, 0.25) is 0 Å². The Kier molecular flexibility index (Phi) is 3.75. The maximum atomic E-state index is 12.5. The Morgan fingerprint density at radius 2 is 2.16 bits per heavy atom. The highest BCUT2D eigenvalue weighted by Gasteiger charge is 2.47. The molecule has 0 saturated carbocycles. The lowest BCUT2D eigenvalue weighted by Crippen LogP contribution is -2.35. The zero-order valence-corrected chi connectivity index (χ0v) is 14.6. The molecule has 4 heterocycles. The minimum Gasteiger partial charge on any atom is -0.323 e. The molecule has 2 saturated heterocycles. The zero-order valence-electron chi connectivity index (χ0n) is 13.8. The molecule has 0 aromatic carbocycles. The number of urea groups is 1. The van der Waals surface area contributed by atoms with E-state index < -0.39 is 15.1 Å². The average Bonchev–Trinajstić information content (AvgIpc) is 3.25. The fraction of sp³-hybridized carbons (Fsp3) is 0.438.